The maximum absolute atomic E-state index is 12.2. The van der Waals surface area contributed by atoms with Crippen LogP contribution in [0, 0.1) is 0 Å². The van der Waals surface area contributed by atoms with Gasteiger partial charge in [-0.1, -0.05) is 44.9 Å². The Kier molecular flexibility index (Phi) is 4.15. The van der Waals surface area contributed by atoms with Crippen LogP contribution in [0.3, 0.4) is 0 Å². The molecule has 2 rings (SSSR count). The number of amides is 2. The monoisotopic (exact) mass is 257 g/mol. The van der Waals surface area contributed by atoms with Gasteiger partial charge >= 0.3 is 0 Å². The lowest BCUT2D eigenvalue weighted by molar-refractivity contribution is 0.0699. The molecule has 19 heavy (non-hydrogen) atoms. The third-order valence-electron chi connectivity index (χ3n) is 3.43. The summed E-state index contributed by atoms with van der Waals surface area (Å²) in [5.74, 6) is -0.470. The summed E-state index contributed by atoms with van der Waals surface area (Å²) in [6.45, 7) is 6.05. The largest absolute Gasteiger partial charge is 0.268 e. The van der Waals surface area contributed by atoms with Crippen LogP contribution in [-0.2, 0) is 0 Å². The van der Waals surface area contributed by atoms with Crippen LogP contribution >= 0.6 is 0 Å². The van der Waals surface area contributed by atoms with E-state index in [1.807, 2.05) is 0 Å². The fraction of sp³-hybridized carbons (Fsp3) is 0.375. The van der Waals surface area contributed by atoms with Crippen LogP contribution < -0.4 is 0 Å². The number of imide groups is 1. The topological polar surface area (TPSA) is 37.4 Å². The van der Waals surface area contributed by atoms with Gasteiger partial charge in [-0.05, 0) is 25.0 Å². The van der Waals surface area contributed by atoms with Crippen LogP contribution in [0.5, 0.6) is 0 Å². The molecule has 2 amide bonds. The molecule has 0 fully saturated rings. The molecule has 0 saturated heterocycles. The van der Waals surface area contributed by atoms with E-state index in [0.29, 0.717) is 23.2 Å². The highest BCUT2D eigenvalue weighted by Gasteiger charge is 2.36. The summed E-state index contributed by atoms with van der Waals surface area (Å²) in [6.07, 6.45) is 5.12. The first kappa shape index (κ1) is 13.5. The van der Waals surface area contributed by atoms with Crippen LogP contribution in [-0.4, -0.2) is 16.7 Å². The Bertz CT molecular complexity index is 484. The number of rotatable bonds is 6. The van der Waals surface area contributed by atoms with Gasteiger partial charge in [0.25, 0.3) is 11.8 Å². The Hall–Kier alpha value is -1.90. The Morgan fingerprint density at radius 3 is 2.16 bits per heavy atom. The molecular weight excluding hydrogens is 238 g/mol. The van der Waals surface area contributed by atoms with Crippen molar-refractivity contribution in [1.82, 2.24) is 4.90 Å². The second-order valence-electron chi connectivity index (χ2n) is 4.87. The van der Waals surface area contributed by atoms with Crippen molar-refractivity contribution in [1.29, 1.82) is 0 Å². The number of hydrogen-bond acceptors (Lipinski definition) is 2. The average Bonchev–Trinajstić information content (AvgIpc) is 2.68. The first-order valence-electron chi connectivity index (χ1n) is 6.82. The van der Waals surface area contributed by atoms with Gasteiger partial charge in [-0.2, -0.15) is 0 Å². The van der Waals surface area contributed by atoms with Gasteiger partial charge in [0, 0.05) is 5.70 Å². The summed E-state index contributed by atoms with van der Waals surface area (Å²) in [4.78, 5) is 25.6. The minimum atomic E-state index is -0.235. The van der Waals surface area contributed by atoms with E-state index < -0.39 is 0 Å². The molecule has 0 aliphatic carbocycles. The lowest BCUT2D eigenvalue weighted by Crippen LogP contribution is -2.28. The number of allylic oxidation sites excluding steroid dienone is 1. The number of carbonyl (C=O) groups is 2. The number of carbonyl (C=O) groups excluding carboxylic acids is 2. The molecule has 100 valence electrons. The highest BCUT2D eigenvalue weighted by molar-refractivity contribution is 6.22. The Labute approximate surface area is 113 Å². The number of nitrogens with zero attached hydrogens (tertiary/aromatic N) is 1. The molecule has 1 aliphatic rings. The van der Waals surface area contributed by atoms with E-state index in [9.17, 15) is 9.59 Å². The van der Waals surface area contributed by atoms with Crippen molar-refractivity contribution in [3.63, 3.8) is 0 Å². The summed E-state index contributed by atoms with van der Waals surface area (Å²) >= 11 is 0. The van der Waals surface area contributed by atoms with Crippen molar-refractivity contribution < 1.29 is 9.59 Å². The fourth-order valence-corrected chi connectivity index (χ4v) is 2.34. The van der Waals surface area contributed by atoms with Gasteiger partial charge in [0.15, 0.2) is 0 Å². The van der Waals surface area contributed by atoms with Gasteiger partial charge < -0.3 is 0 Å². The number of benzene rings is 1. The number of unbranched alkanes of at least 4 members (excludes halogenated alkanes) is 3. The molecule has 0 bridgehead atoms. The second kappa shape index (κ2) is 5.83. The second-order valence-corrected chi connectivity index (χ2v) is 4.87. The van der Waals surface area contributed by atoms with Crippen molar-refractivity contribution >= 4 is 11.8 Å². The van der Waals surface area contributed by atoms with E-state index in [0.717, 1.165) is 12.8 Å². The normalized spacial score (nSPS) is 13.8. The summed E-state index contributed by atoms with van der Waals surface area (Å²) in [5.41, 5.74) is 1.59. The van der Waals surface area contributed by atoms with E-state index in [-0.39, 0.29) is 11.8 Å². The third kappa shape index (κ3) is 2.60. The molecule has 1 heterocycles. The zero-order valence-corrected chi connectivity index (χ0v) is 11.3. The van der Waals surface area contributed by atoms with Crippen molar-refractivity contribution in [2.75, 3.05) is 0 Å². The van der Waals surface area contributed by atoms with Crippen molar-refractivity contribution in [2.45, 2.75) is 39.0 Å². The Balaban J connectivity index is 2.05. The molecule has 0 radical (unpaired) electrons. The molecule has 0 unspecified atom stereocenters. The van der Waals surface area contributed by atoms with Crippen molar-refractivity contribution in [3.8, 4) is 0 Å². The van der Waals surface area contributed by atoms with Gasteiger partial charge in [0.1, 0.15) is 0 Å². The smallest absolute Gasteiger partial charge is 0.265 e. The van der Waals surface area contributed by atoms with Gasteiger partial charge in [-0.15, -0.1) is 0 Å². The van der Waals surface area contributed by atoms with Crippen LogP contribution in [0.1, 0.15) is 59.7 Å². The van der Waals surface area contributed by atoms with Crippen LogP contribution in [0.15, 0.2) is 36.5 Å². The standard InChI is InChI=1S/C16H19NO2/c1-3-4-5-6-9-12(2)17-15(18)13-10-7-8-11-14(13)16(17)19/h7-8,10-11H,2-6,9H2,1H3. The van der Waals surface area contributed by atoms with E-state index in [1.54, 1.807) is 24.3 Å². The molecule has 0 saturated carbocycles. The molecule has 0 atom stereocenters. The predicted molar refractivity (Wildman–Crippen MR) is 74.8 cm³/mol. The van der Waals surface area contributed by atoms with Crippen molar-refractivity contribution in [2.24, 2.45) is 0 Å². The highest BCUT2D eigenvalue weighted by atomic mass is 16.2. The first-order valence-corrected chi connectivity index (χ1v) is 6.82. The zero-order chi connectivity index (χ0) is 13.8. The molecule has 0 N–H and O–H groups in total. The minimum absolute atomic E-state index is 0.235. The van der Waals surface area contributed by atoms with Crippen molar-refractivity contribution in [3.05, 3.63) is 47.7 Å². The SMILES string of the molecule is C=C(CCCCCC)N1C(=O)c2ccccc2C1=O. The van der Waals surface area contributed by atoms with Gasteiger partial charge in [0.2, 0.25) is 0 Å². The highest BCUT2D eigenvalue weighted by Crippen LogP contribution is 2.27. The minimum Gasteiger partial charge on any atom is -0.268 e. The molecule has 3 nitrogen and oxygen atoms in total. The van der Waals surface area contributed by atoms with E-state index >= 15 is 0 Å². The van der Waals surface area contributed by atoms with Gasteiger partial charge in [-0.3, -0.25) is 9.59 Å². The molecule has 0 aromatic heterocycles. The lowest BCUT2D eigenvalue weighted by atomic mass is 10.1. The summed E-state index contributed by atoms with van der Waals surface area (Å²) in [6, 6.07) is 6.94. The van der Waals surface area contributed by atoms with E-state index in [4.69, 9.17) is 0 Å². The first-order chi connectivity index (χ1) is 9.16. The van der Waals surface area contributed by atoms with Gasteiger partial charge in [-0.25, -0.2) is 4.90 Å². The maximum Gasteiger partial charge on any atom is 0.265 e. The third-order valence-corrected chi connectivity index (χ3v) is 3.43. The molecule has 1 aromatic carbocycles. The van der Waals surface area contributed by atoms with Crippen LogP contribution in [0.4, 0.5) is 0 Å². The quantitative estimate of drug-likeness (QED) is 0.574. The maximum atomic E-state index is 12.2. The fourth-order valence-electron chi connectivity index (χ4n) is 2.34. The molecule has 1 aromatic rings. The lowest BCUT2D eigenvalue weighted by Gasteiger charge is -2.16. The Morgan fingerprint density at radius 2 is 1.63 bits per heavy atom. The molecule has 3 heteroatoms. The molecule has 0 spiro atoms. The Morgan fingerprint density at radius 1 is 1.05 bits per heavy atom. The van der Waals surface area contributed by atoms with E-state index in [2.05, 4.69) is 13.5 Å². The molecule has 1 aliphatic heterocycles. The summed E-state index contributed by atoms with van der Waals surface area (Å²) < 4.78 is 0. The van der Waals surface area contributed by atoms with Crippen LogP contribution in [0.25, 0.3) is 0 Å². The number of hydrogen-bond donors (Lipinski definition) is 0. The van der Waals surface area contributed by atoms with Crippen LogP contribution in [0.2, 0.25) is 0 Å². The molecular formula is C16H19NO2. The summed E-state index contributed by atoms with van der Waals surface area (Å²) in [5, 5.41) is 0. The zero-order valence-electron chi connectivity index (χ0n) is 11.3. The predicted octanol–water partition coefficient (Wildman–Crippen LogP) is 3.77. The van der Waals surface area contributed by atoms with E-state index in [1.165, 1.54) is 17.7 Å². The number of fused-ring (bicyclic) bond motifs is 1. The summed E-state index contributed by atoms with van der Waals surface area (Å²) in [7, 11) is 0. The average molecular weight is 257 g/mol. The van der Waals surface area contributed by atoms with Gasteiger partial charge in [0.05, 0.1) is 11.1 Å².